The Kier molecular flexibility index (Phi) is 10.9. The highest BCUT2D eigenvalue weighted by Crippen LogP contribution is 2.35. The molecule has 0 aliphatic heterocycles. The highest BCUT2D eigenvalue weighted by molar-refractivity contribution is 5.74. The molecule has 0 spiro atoms. The van der Waals surface area contributed by atoms with Crippen LogP contribution in [0.3, 0.4) is 0 Å². The zero-order chi connectivity index (χ0) is 24.2. The first-order valence-electron chi connectivity index (χ1n) is 13.3. The summed E-state index contributed by atoms with van der Waals surface area (Å²) in [7, 11) is 0. The zero-order valence-electron chi connectivity index (χ0n) is 20.9. The van der Waals surface area contributed by atoms with Gasteiger partial charge in [0.15, 0.2) is 6.17 Å². The number of esters is 1. The van der Waals surface area contributed by atoms with Gasteiger partial charge in [-0.1, -0.05) is 82.3 Å². The van der Waals surface area contributed by atoms with Gasteiger partial charge in [0.1, 0.15) is 11.9 Å². The number of carbonyl (C=O) groups excluding carboxylic acids is 1. The number of alkyl halides is 1. The number of ether oxygens (including phenoxy) is 2. The van der Waals surface area contributed by atoms with Gasteiger partial charge in [-0.3, -0.25) is 0 Å². The summed E-state index contributed by atoms with van der Waals surface area (Å²) in [6, 6.07) is 17.1. The molecule has 0 bridgehead atoms. The molecule has 34 heavy (non-hydrogen) atoms. The number of halogens is 1. The lowest BCUT2D eigenvalue weighted by Crippen LogP contribution is -2.28. The van der Waals surface area contributed by atoms with Crippen molar-refractivity contribution in [2.45, 2.75) is 103 Å². The fourth-order valence-corrected chi connectivity index (χ4v) is 4.66. The minimum atomic E-state index is -1.48. The lowest BCUT2D eigenvalue weighted by atomic mass is 9.82. The molecule has 0 unspecified atom stereocenters. The lowest BCUT2D eigenvalue weighted by Gasteiger charge is -2.29. The Morgan fingerprint density at radius 3 is 2.09 bits per heavy atom. The monoisotopic (exact) mass is 468 g/mol. The van der Waals surface area contributed by atoms with Gasteiger partial charge in [-0.2, -0.15) is 0 Å². The van der Waals surface area contributed by atoms with Crippen LogP contribution in [0.4, 0.5) is 4.39 Å². The summed E-state index contributed by atoms with van der Waals surface area (Å²) in [5.74, 6) is 0.724. The smallest absolute Gasteiger partial charge is 0.340 e. The topological polar surface area (TPSA) is 35.5 Å². The van der Waals surface area contributed by atoms with Gasteiger partial charge in [0.05, 0.1) is 6.61 Å². The number of hydrogen-bond donors (Lipinski definition) is 0. The van der Waals surface area contributed by atoms with Crippen molar-refractivity contribution in [2.24, 2.45) is 0 Å². The second kappa shape index (κ2) is 14.1. The molecular weight excluding hydrogens is 427 g/mol. The van der Waals surface area contributed by atoms with E-state index < -0.39 is 12.1 Å². The van der Waals surface area contributed by atoms with E-state index in [4.69, 9.17) is 9.47 Å². The molecule has 0 N–H and O–H groups in total. The average molecular weight is 469 g/mol. The van der Waals surface area contributed by atoms with Crippen LogP contribution in [0.25, 0.3) is 11.1 Å². The molecule has 4 heteroatoms. The lowest BCUT2D eigenvalue weighted by molar-refractivity contribution is -0.157. The molecular formula is C30H41FO3. The summed E-state index contributed by atoms with van der Waals surface area (Å²) >= 11 is 0. The molecule has 1 fully saturated rings. The van der Waals surface area contributed by atoms with Crippen LogP contribution in [0.2, 0.25) is 0 Å². The van der Waals surface area contributed by atoms with E-state index in [9.17, 15) is 9.18 Å². The van der Waals surface area contributed by atoms with E-state index in [1.807, 2.05) is 6.92 Å². The van der Waals surface area contributed by atoms with Crippen LogP contribution in [-0.2, 0) is 9.53 Å². The molecule has 1 saturated carbocycles. The highest BCUT2D eigenvalue weighted by atomic mass is 19.1. The van der Waals surface area contributed by atoms with Crippen LogP contribution in [0.5, 0.6) is 5.75 Å². The van der Waals surface area contributed by atoms with E-state index in [0.29, 0.717) is 5.92 Å². The number of hydrogen-bond acceptors (Lipinski definition) is 3. The normalized spacial score (nSPS) is 18.9. The minimum Gasteiger partial charge on any atom is -0.494 e. The molecule has 0 heterocycles. The predicted octanol–water partition coefficient (Wildman–Crippen LogP) is 8.41. The Balaban J connectivity index is 1.44. The average Bonchev–Trinajstić information content (AvgIpc) is 2.88. The molecule has 0 radical (unpaired) electrons. The number of unbranched alkanes of at least 4 members (excludes halogenated alkanes) is 4. The van der Waals surface area contributed by atoms with Crippen LogP contribution < -0.4 is 4.74 Å². The van der Waals surface area contributed by atoms with Crippen molar-refractivity contribution in [3.63, 3.8) is 0 Å². The van der Waals surface area contributed by atoms with Crippen LogP contribution in [0.1, 0.15) is 96.0 Å². The molecule has 3 nitrogen and oxygen atoms in total. The van der Waals surface area contributed by atoms with E-state index in [2.05, 4.69) is 55.5 Å². The van der Waals surface area contributed by atoms with Gasteiger partial charge in [0.25, 0.3) is 0 Å². The Labute approximate surface area is 205 Å². The van der Waals surface area contributed by atoms with Crippen molar-refractivity contribution < 1.29 is 18.7 Å². The van der Waals surface area contributed by atoms with Gasteiger partial charge >= 0.3 is 5.97 Å². The van der Waals surface area contributed by atoms with E-state index in [-0.39, 0.29) is 12.5 Å². The second-order valence-corrected chi connectivity index (χ2v) is 9.58. The third kappa shape index (κ3) is 8.14. The van der Waals surface area contributed by atoms with Crippen LogP contribution in [-0.4, -0.2) is 24.9 Å². The SMILES string of the molecule is CCCCCCOc1ccc(-c2ccc([C@H]3CC[C@H](OC(=O)[C@@H](F)CCCC)CC3)cc2)cc1. The maximum absolute atomic E-state index is 13.9. The predicted molar refractivity (Wildman–Crippen MR) is 137 cm³/mol. The van der Waals surface area contributed by atoms with Crippen molar-refractivity contribution in [1.82, 2.24) is 0 Å². The van der Waals surface area contributed by atoms with Crippen LogP contribution >= 0.6 is 0 Å². The van der Waals surface area contributed by atoms with Crippen molar-refractivity contribution >= 4 is 5.97 Å². The van der Waals surface area contributed by atoms with Crippen molar-refractivity contribution in [3.8, 4) is 16.9 Å². The maximum atomic E-state index is 13.9. The summed E-state index contributed by atoms with van der Waals surface area (Å²) in [4.78, 5) is 11.9. The largest absolute Gasteiger partial charge is 0.494 e. The van der Waals surface area contributed by atoms with E-state index in [1.165, 1.54) is 36.0 Å². The molecule has 1 aliphatic carbocycles. The molecule has 0 aromatic heterocycles. The van der Waals surface area contributed by atoms with E-state index in [0.717, 1.165) is 57.3 Å². The first-order chi connectivity index (χ1) is 16.6. The Morgan fingerprint density at radius 1 is 0.853 bits per heavy atom. The number of benzene rings is 2. The van der Waals surface area contributed by atoms with E-state index in [1.54, 1.807) is 0 Å². The first-order valence-corrected chi connectivity index (χ1v) is 13.3. The van der Waals surface area contributed by atoms with Gasteiger partial charge in [0.2, 0.25) is 0 Å². The fraction of sp³-hybridized carbons (Fsp3) is 0.567. The van der Waals surface area contributed by atoms with Crippen molar-refractivity contribution in [1.29, 1.82) is 0 Å². The third-order valence-corrected chi connectivity index (χ3v) is 6.86. The molecule has 0 saturated heterocycles. The fourth-order valence-electron chi connectivity index (χ4n) is 4.66. The Hall–Kier alpha value is -2.36. The molecule has 186 valence electrons. The Morgan fingerprint density at radius 2 is 1.47 bits per heavy atom. The summed E-state index contributed by atoms with van der Waals surface area (Å²) in [6.45, 7) is 4.99. The molecule has 1 atom stereocenters. The van der Waals surface area contributed by atoms with Gasteiger partial charge in [-0.25, -0.2) is 9.18 Å². The summed E-state index contributed by atoms with van der Waals surface area (Å²) in [5, 5.41) is 0. The summed E-state index contributed by atoms with van der Waals surface area (Å²) in [5.41, 5.74) is 3.71. The van der Waals surface area contributed by atoms with Gasteiger partial charge in [-0.15, -0.1) is 0 Å². The van der Waals surface area contributed by atoms with Gasteiger partial charge in [-0.05, 0) is 73.3 Å². The van der Waals surface area contributed by atoms with Crippen molar-refractivity contribution in [2.75, 3.05) is 6.61 Å². The Bertz CT molecular complexity index is 838. The second-order valence-electron chi connectivity index (χ2n) is 9.58. The van der Waals surface area contributed by atoms with Crippen LogP contribution in [0.15, 0.2) is 48.5 Å². The van der Waals surface area contributed by atoms with Gasteiger partial charge in [0, 0.05) is 0 Å². The number of rotatable bonds is 13. The number of carbonyl (C=O) groups is 1. The first kappa shape index (κ1) is 26.2. The standard InChI is InChI=1S/C30H41FO3/c1-3-5-7-8-22-33-27-18-14-25(15-19-27)23-10-12-24(13-11-23)26-16-20-28(21-17-26)34-30(32)29(31)9-6-4-2/h10-15,18-19,26,28-29H,3-9,16-17,20-22H2,1-2H3/t26-,28-,29-/m0/s1. The maximum Gasteiger partial charge on any atom is 0.340 e. The van der Waals surface area contributed by atoms with Gasteiger partial charge < -0.3 is 9.47 Å². The molecule has 0 amide bonds. The summed E-state index contributed by atoms with van der Waals surface area (Å²) in [6.07, 6.45) is 8.64. The summed E-state index contributed by atoms with van der Waals surface area (Å²) < 4.78 is 25.2. The third-order valence-electron chi connectivity index (χ3n) is 6.86. The molecule has 1 aliphatic rings. The zero-order valence-corrected chi connectivity index (χ0v) is 20.9. The molecule has 2 aromatic rings. The van der Waals surface area contributed by atoms with Crippen molar-refractivity contribution in [3.05, 3.63) is 54.1 Å². The van der Waals surface area contributed by atoms with Crippen LogP contribution in [0, 0.1) is 0 Å². The highest BCUT2D eigenvalue weighted by Gasteiger charge is 2.27. The minimum absolute atomic E-state index is 0.143. The quantitative estimate of drug-likeness (QED) is 0.219. The van der Waals surface area contributed by atoms with E-state index >= 15 is 0 Å². The molecule has 3 rings (SSSR count). The molecule has 2 aromatic carbocycles.